The van der Waals surface area contributed by atoms with E-state index in [1.165, 1.54) is 43.9 Å². The smallest absolute Gasteiger partial charge is 0.322 e. The molecular formula is C12H25NO2SSi. The van der Waals surface area contributed by atoms with E-state index in [1.54, 1.807) is 14.2 Å². The molecule has 0 aliphatic carbocycles. The third kappa shape index (κ3) is 9.66. The first-order chi connectivity index (χ1) is 8.28. The van der Waals surface area contributed by atoms with Gasteiger partial charge in [-0.05, 0) is 18.2 Å². The Labute approximate surface area is 112 Å². The minimum Gasteiger partial charge on any atom is -0.400 e. The topological polar surface area (TPSA) is 42.2 Å². The van der Waals surface area contributed by atoms with Gasteiger partial charge in [-0.1, -0.05) is 39.0 Å². The van der Waals surface area contributed by atoms with Crippen LogP contribution in [0, 0.1) is 10.7 Å². The minimum atomic E-state index is -1.52. The molecule has 0 heterocycles. The number of hydrogen-bond donors (Lipinski definition) is 0. The van der Waals surface area contributed by atoms with E-state index in [0.29, 0.717) is 5.25 Å². The SMILES string of the molecule is CCCCCCCC(C[SiH](OC)OC)SC#N. The van der Waals surface area contributed by atoms with Crippen LogP contribution in [-0.4, -0.2) is 28.8 Å². The molecule has 0 aliphatic heterocycles. The van der Waals surface area contributed by atoms with Crippen molar-refractivity contribution >= 4 is 21.0 Å². The van der Waals surface area contributed by atoms with Crippen LogP contribution in [0.1, 0.15) is 45.4 Å². The number of thiocyanates is 1. The first kappa shape index (κ1) is 17.0. The first-order valence-electron chi connectivity index (χ1n) is 6.38. The largest absolute Gasteiger partial charge is 0.400 e. The average Bonchev–Trinajstić information content (AvgIpc) is 2.35. The average molecular weight is 275 g/mol. The van der Waals surface area contributed by atoms with E-state index in [2.05, 4.69) is 12.3 Å². The van der Waals surface area contributed by atoms with Gasteiger partial charge in [-0.25, -0.2) is 0 Å². The summed E-state index contributed by atoms with van der Waals surface area (Å²) >= 11 is 1.38. The monoisotopic (exact) mass is 275 g/mol. The summed E-state index contributed by atoms with van der Waals surface area (Å²) in [5, 5.41) is 11.4. The van der Waals surface area contributed by atoms with Crippen molar-refractivity contribution in [3.05, 3.63) is 0 Å². The Bertz CT molecular complexity index is 207. The molecule has 0 amide bonds. The number of hydrogen-bond acceptors (Lipinski definition) is 4. The molecule has 0 aromatic carbocycles. The van der Waals surface area contributed by atoms with Gasteiger partial charge >= 0.3 is 9.28 Å². The van der Waals surface area contributed by atoms with Crippen LogP contribution in [-0.2, 0) is 8.85 Å². The summed E-state index contributed by atoms with van der Waals surface area (Å²) < 4.78 is 10.6. The number of nitriles is 1. The predicted octanol–water partition coefficient (Wildman–Crippen LogP) is 3.44. The highest BCUT2D eigenvalue weighted by atomic mass is 32.2. The van der Waals surface area contributed by atoms with E-state index in [1.807, 2.05) is 0 Å². The highest BCUT2D eigenvalue weighted by Gasteiger charge is 2.18. The van der Waals surface area contributed by atoms with E-state index in [4.69, 9.17) is 14.1 Å². The molecule has 0 rings (SSSR count). The summed E-state index contributed by atoms with van der Waals surface area (Å²) in [7, 11) is 1.89. The zero-order valence-corrected chi connectivity index (χ0v) is 13.2. The Kier molecular flexibility index (Phi) is 12.4. The lowest BCUT2D eigenvalue weighted by Gasteiger charge is -2.17. The van der Waals surface area contributed by atoms with Crippen molar-refractivity contribution in [2.45, 2.75) is 56.7 Å². The van der Waals surface area contributed by atoms with Crippen molar-refractivity contribution < 1.29 is 8.85 Å². The highest BCUT2D eigenvalue weighted by molar-refractivity contribution is 8.04. The Balaban J connectivity index is 3.78. The maximum absolute atomic E-state index is 8.78. The molecular weight excluding hydrogens is 250 g/mol. The molecule has 0 aliphatic rings. The summed E-state index contributed by atoms with van der Waals surface area (Å²) in [6.45, 7) is 2.22. The molecule has 0 radical (unpaired) electrons. The van der Waals surface area contributed by atoms with Gasteiger partial charge in [-0.2, -0.15) is 5.26 Å². The molecule has 1 unspecified atom stereocenters. The standard InChI is InChI=1S/C12H25NO2SSi/c1-4-5-6-7-8-9-12(16-11-13)10-17(14-2)15-3/h12,17H,4-10H2,1-3H3. The molecule has 0 aromatic heterocycles. The molecule has 0 spiro atoms. The van der Waals surface area contributed by atoms with Gasteiger partial charge < -0.3 is 8.85 Å². The van der Waals surface area contributed by atoms with Crippen molar-refractivity contribution in [3.63, 3.8) is 0 Å². The third-order valence-electron chi connectivity index (χ3n) is 2.83. The fraction of sp³-hybridized carbons (Fsp3) is 0.917. The lowest BCUT2D eigenvalue weighted by Crippen LogP contribution is -2.23. The Hall–Kier alpha value is -0.0231. The van der Waals surface area contributed by atoms with Crippen molar-refractivity contribution in [1.29, 1.82) is 5.26 Å². The molecule has 3 nitrogen and oxygen atoms in total. The van der Waals surface area contributed by atoms with Crippen molar-refractivity contribution in [1.82, 2.24) is 0 Å². The highest BCUT2D eigenvalue weighted by Crippen LogP contribution is 2.22. The minimum absolute atomic E-state index is 0.387. The summed E-state index contributed by atoms with van der Waals surface area (Å²) in [4.78, 5) is 0. The number of nitrogens with zero attached hydrogens (tertiary/aromatic N) is 1. The molecule has 100 valence electrons. The van der Waals surface area contributed by atoms with E-state index in [0.717, 1.165) is 12.5 Å². The first-order valence-corrected chi connectivity index (χ1v) is 9.02. The van der Waals surface area contributed by atoms with E-state index >= 15 is 0 Å². The van der Waals surface area contributed by atoms with Gasteiger partial charge in [0.2, 0.25) is 0 Å². The molecule has 0 N–H and O–H groups in total. The molecule has 17 heavy (non-hydrogen) atoms. The second-order valence-electron chi connectivity index (χ2n) is 4.17. The van der Waals surface area contributed by atoms with Gasteiger partial charge in [0.05, 0.1) is 0 Å². The van der Waals surface area contributed by atoms with Crippen molar-refractivity contribution in [3.8, 4) is 5.40 Å². The van der Waals surface area contributed by atoms with Crippen LogP contribution < -0.4 is 0 Å². The predicted molar refractivity (Wildman–Crippen MR) is 76.3 cm³/mol. The molecule has 0 aromatic rings. The van der Waals surface area contributed by atoms with Gasteiger partial charge in [-0.3, -0.25) is 0 Å². The normalized spacial score (nSPS) is 12.6. The number of thioether (sulfide) groups is 1. The molecule has 0 fully saturated rings. The van der Waals surface area contributed by atoms with Crippen LogP contribution in [0.4, 0.5) is 0 Å². The summed E-state index contributed by atoms with van der Waals surface area (Å²) in [6.07, 6.45) is 7.52. The zero-order chi connectivity index (χ0) is 12.9. The van der Waals surface area contributed by atoms with Crippen molar-refractivity contribution in [2.24, 2.45) is 0 Å². The van der Waals surface area contributed by atoms with Crippen LogP contribution in [0.2, 0.25) is 6.04 Å². The summed E-state index contributed by atoms with van der Waals surface area (Å²) in [6, 6.07) is 0.930. The van der Waals surface area contributed by atoms with Crippen LogP contribution in [0.3, 0.4) is 0 Å². The van der Waals surface area contributed by atoms with Crippen LogP contribution >= 0.6 is 11.8 Å². The van der Waals surface area contributed by atoms with E-state index in [-0.39, 0.29) is 0 Å². The fourth-order valence-corrected chi connectivity index (χ4v) is 4.31. The quantitative estimate of drug-likeness (QED) is 0.329. The fourth-order valence-electron chi connectivity index (χ4n) is 1.78. The van der Waals surface area contributed by atoms with Gasteiger partial charge in [0, 0.05) is 25.5 Å². The van der Waals surface area contributed by atoms with Crippen LogP contribution in [0.25, 0.3) is 0 Å². The van der Waals surface area contributed by atoms with Gasteiger partial charge in [0.15, 0.2) is 0 Å². The summed E-state index contributed by atoms with van der Waals surface area (Å²) in [5.74, 6) is 0. The van der Waals surface area contributed by atoms with Gasteiger partial charge in [0.1, 0.15) is 5.40 Å². The summed E-state index contributed by atoms with van der Waals surface area (Å²) in [5.41, 5.74) is 0. The maximum Gasteiger partial charge on any atom is 0.322 e. The van der Waals surface area contributed by atoms with Crippen molar-refractivity contribution in [2.75, 3.05) is 14.2 Å². The van der Waals surface area contributed by atoms with Crippen LogP contribution in [0.15, 0.2) is 0 Å². The Morgan fingerprint density at radius 2 is 1.82 bits per heavy atom. The second-order valence-corrected chi connectivity index (χ2v) is 7.53. The molecule has 0 saturated carbocycles. The van der Waals surface area contributed by atoms with Crippen LogP contribution in [0.5, 0.6) is 0 Å². The van der Waals surface area contributed by atoms with E-state index in [9.17, 15) is 0 Å². The lowest BCUT2D eigenvalue weighted by molar-refractivity contribution is 0.276. The zero-order valence-electron chi connectivity index (χ0n) is 11.3. The molecule has 0 bridgehead atoms. The Morgan fingerprint density at radius 1 is 1.18 bits per heavy atom. The number of unbranched alkanes of at least 4 members (excludes halogenated alkanes) is 4. The third-order valence-corrected chi connectivity index (χ3v) is 6.04. The van der Waals surface area contributed by atoms with E-state index < -0.39 is 9.28 Å². The number of rotatable bonds is 11. The maximum atomic E-state index is 8.78. The Morgan fingerprint density at radius 3 is 2.35 bits per heavy atom. The second kappa shape index (κ2) is 12.4. The lowest BCUT2D eigenvalue weighted by atomic mass is 10.1. The van der Waals surface area contributed by atoms with Gasteiger partial charge in [0.25, 0.3) is 0 Å². The molecule has 1 atom stereocenters. The van der Waals surface area contributed by atoms with Gasteiger partial charge in [-0.15, -0.1) is 0 Å². The molecule has 5 heteroatoms. The molecule has 0 saturated heterocycles.